The summed E-state index contributed by atoms with van der Waals surface area (Å²) in [5.41, 5.74) is 5.53. The Hall–Kier alpha value is -1.07. The quantitative estimate of drug-likeness (QED) is 0.746. The van der Waals surface area contributed by atoms with E-state index >= 15 is 0 Å². The van der Waals surface area contributed by atoms with Crippen LogP contribution in [0.2, 0.25) is 0 Å². The molecule has 0 bridgehead atoms. The molecule has 1 aliphatic heterocycles. The van der Waals surface area contributed by atoms with E-state index in [0.29, 0.717) is 25.2 Å². The molecule has 2 N–H and O–H groups in total. The van der Waals surface area contributed by atoms with Crippen molar-refractivity contribution in [2.45, 2.75) is 19.2 Å². The van der Waals surface area contributed by atoms with Gasteiger partial charge in [0, 0.05) is 0 Å². The Morgan fingerprint density at radius 3 is 2.50 bits per heavy atom. The van der Waals surface area contributed by atoms with Gasteiger partial charge in [0.15, 0.2) is 0 Å². The fourth-order valence-electron chi connectivity index (χ4n) is 1.54. The summed E-state index contributed by atoms with van der Waals surface area (Å²) >= 11 is 0. The average molecular weight is 233 g/mol. The van der Waals surface area contributed by atoms with Gasteiger partial charge in [-0.05, 0) is 36.7 Å². The molecule has 2 rings (SSSR count). The van der Waals surface area contributed by atoms with Crippen molar-refractivity contribution in [2.24, 2.45) is 5.73 Å². The Bertz CT molecular complexity index is 350. The molecule has 0 aromatic heterocycles. The molecule has 0 amide bonds. The minimum Gasteiger partial charge on any atom is -0.376 e. The molecule has 16 heavy (non-hydrogen) atoms. The normalized spacial score (nSPS) is 14.8. The number of alkyl halides is 3. The summed E-state index contributed by atoms with van der Waals surface area (Å²) < 4.78 is 42.0. The number of hydrogen-bond acceptors (Lipinski definition) is 2. The number of nitrogens with two attached hydrogens (primary N) is 1. The minimum absolute atomic E-state index is 0.291. The van der Waals surface area contributed by atoms with Gasteiger partial charge >= 0.3 is 6.18 Å². The van der Waals surface area contributed by atoms with Gasteiger partial charge in [-0.15, -0.1) is 0 Å². The molecule has 0 unspecified atom stereocenters. The Labute approximate surface area is 92.2 Å². The predicted molar refractivity (Wildman–Crippen MR) is 54.9 cm³/mol. The maximum Gasteiger partial charge on any atom is 0.416 e. The SMILES string of the molecule is CN.FC(F)(F)c1ccc2c(c1)COCC2. The second-order valence-electron chi connectivity index (χ2n) is 3.28. The first kappa shape index (κ1) is 13.0. The van der Waals surface area contributed by atoms with E-state index in [1.807, 2.05) is 0 Å². The Morgan fingerprint density at radius 2 is 1.88 bits per heavy atom. The summed E-state index contributed by atoms with van der Waals surface area (Å²) in [6.07, 6.45) is -3.56. The number of fused-ring (bicyclic) bond motifs is 1. The molecule has 0 saturated carbocycles. The summed E-state index contributed by atoms with van der Waals surface area (Å²) in [7, 11) is 1.50. The Balaban J connectivity index is 0.000000606. The van der Waals surface area contributed by atoms with Gasteiger partial charge in [-0.3, -0.25) is 0 Å². The van der Waals surface area contributed by atoms with Crippen molar-refractivity contribution in [1.82, 2.24) is 0 Å². The van der Waals surface area contributed by atoms with E-state index < -0.39 is 11.7 Å². The molecule has 2 nitrogen and oxygen atoms in total. The molecule has 0 radical (unpaired) electrons. The first-order valence-electron chi connectivity index (χ1n) is 4.92. The highest BCUT2D eigenvalue weighted by molar-refractivity contribution is 5.34. The molecule has 0 aliphatic carbocycles. The van der Waals surface area contributed by atoms with Crippen LogP contribution in [-0.2, 0) is 23.9 Å². The second kappa shape index (κ2) is 5.32. The van der Waals surface area contributed by atoms with E-state index in [2.05, 4.69) is 5.73 Å². The molecule has 0 atom stereocenters. The second-order valence-corrected chi connectivity index (χ2v) is 3.28. The van der Waals surface area contributed by atoms with Crippen LogP contribution in [0.15, 0.2) is 18.2 Å². The van der Waals surface area contributed by atoms with E-state index in [1.165, 1.54) is 13.1 Å². The average Bonchev–Trinajstić information content (AvgIpc) is 2.30. The molecule has 0 fully saturated rings. The third kappa shape index (κ3) is 2.96. The van der Waals surface area contributed by atoms with Crippen LogP contribution >= 0.6 is 0 Å². The molecule has 0 saturated heterocycles. The van der Waals surface area contributed by atoms with Crippen molar-refractivity contribution in [3.8, 4) is 0 Å². The van der Waals surface area contributed by atoms with Gasteiger partial charge < -0.3 is 10.5 Å². The van der Waals surface area contributed by atoms with Gasteiger partial charge in [0.2, 0.25) is 0 Å². The number of halogens is 3. The van der Waals surface area contributed by atoms with Crippen molar-refractivity contribution >= 4 is 0 Å². The van der Waals surface area contributed by atoms with Crippen LogP contribution < -0.4 is 5.73 Å². The molecule has 1 aromatic rings. The standard InChI is InChI=1S/C10H9F3O.CH5N/c11-10(12,13)9-2-1-7-3-4-14-6-8(7)5-9;1-2/h1-2,5H,3-4,6H2;2H2,1H3. The minimum atomic E-state index is -4.26. The van der Waals surface area contributed by atoms with Crippen LogP contribution in [0.25, 0.3) is 0 Å². The van der Waals surface area contributed by atoms with Crippen molar-refractivity contribution in [1.29, 1.82) is 0 Å². The maximum absolute atomic E-state index is 12.3. The van der Waals surface area contributed by atoms with Gasteiger partial charge in [0.25, 0.3) is 0 Å². The van der Waals surface area contributed by atoms with Crippen molar-refractivity contribution in [3.63, 3.8) is 0 Å². The van der Waals surface area contributed by atoms with E-state index in [4.69, 9.17) is 4.74 Å². The van der Waals surface area contributed by atoms with Gasteiger partial charge in [0.1, 0.15) is 0 Å². The van der Waals surface area contributed by atoms with Gasteiger partial charge in [-0.2, -0.15) is 13.2 Å². The zero-order valence-corrected chi connectivity index (χ0v) is 8.97. The fraction of sp³-hybridized carbons (Fsp3) is 0.455. The van der Waals surface area contributed by atoms with Crippen molar-refractivity contribution in [2.75, 3.05) is 13.7 Å². The molecule has 1 aromatic carbocycles. The third-order valence-electron chi connectivity index (χ3n) is 2.31. The molecule has 1 heterocycles. The summed E-state index contributed by atoms with van der Waals surface area (Å²) in [5, 5.41) is 0. The number of ether oxygens (including phenoxy) is 1. The van der Waals surface area contributed by atoms with E-state index in [-0.39, 0.29) is 0 Å². The Morgan fingerprint density at radius 1 is 1.19 bits per heavy atom. The van der Waals surface area contributed by atoms with E-state index in [1.54, 1.807) is 6.07 Å². The van der Waals surface area contributed by atoms with Crippen molar-refractivity contribution in [3.05, 3.63) is 34.9 Å². The molecule has 90 valence electrons. The van der Waals surface area contributed by atoms with Gasteiger partial charge in [-0.25, -0.2) is 0 Å². The zero-order chi connectivity index (χ0) is 12.2. The van der Waals surface area contributed by atoms with Gasteiger partial charge in [0.05, 0.1) is 18.8 Å². The zero-order valence-electron chi connectivity index (χ0n) is 8.97. The largest absolute Gasteiger partial charge is 0.416 e. The first-order chi connectivity index (χ1) is 7.57. The van der Waals surface area contributed by atoms with Crippen molar-refractivity contribution < 1.29 is 17.9 Å². The summed E-state index contributed by atoms with van der Waals surface area (Å²) in [5.74, 6) is 0. The monoisotopic (exact) mass is 233 g/mol. The number of rotatable bonds is 0. The van der Waals surface area contributed by atoms with Crippen LogP contribution in [0.3, 0.4) is 0 Å². The molecular formula is C11H14F3NO. The van der Waals surface area contributed by atoms with Crippen LogP contribution in [0, 0.1) is 0 Å². The summed E-state index contributed by atoms with van der Waals surface area (Å²) in [6.45, 7) is 0.887. The van der Waals surface area contributed by atoms with Crippen LogP contribution in [-0.4, -0.2) is 13.7 Å². The summed E-state index contributed by atoms with van der Waals surface area (Å²) in [4.78, 5) is 0. The number of hydrogen-bond donors (Lipinski definition) is 1. The fourth-order valence-corrected chi connectivity index (χ4v) is 1.54. The topological polar surface area (TPSA) is 35.2 Å². The lowest BCUT2D eigenvalue weighted by atomic mass is 10.0. The molecule has 5 heteroatoms. The predicted octanol–water partition coefficient (Wildman–Crippen LogP) is 2.35. The van der Waals surface area contributed by atoms with Gasteiger partial charge in [-0.1, -0.05) is 6.07 Å². The third-order valence-corrected chi connectivity index (χ3v) is 2.31. The summed E-state index contributed by atoms with van der Waals surface area (Å²) in [6, 6.07) is 3.85. The highest BCUT2D eigenvalue weighted by atomic mass is 19.4. The molecular weight excluding hydrogens is 219 g/mol. The smallest absolute Gasteiger partial charge is 0.376 e. The van der Waals surface area contributed by atoms with Crippen LogP contribution in [0.1, 0.15) is 16.7 Å². The van der Waals surface area contributed by atoms with E-state index in [9.17, 15) is 13.2 Å². The van der Waals surface area contributed by atoms with Crippen LogP contribution in [0.4, 0.5) is 13.2 Å². The first-order valence-corrected chi connectivity index (χ1v) is 4.92. The van der Waals surface area contributed by atoms with Crippen LogP contribution in [0.5, 0.6) is 0 Å². The maximum atomic E-state index is 12.3. The lowest BCUT2D eigenvalue weighted by Crippen LogP contribution is -2.12. The highest BCUT2D eigenvalue weighted by Gasteiger charge is 2.31. The lowest BCUT2D eigenvalue weighted by Gasteiger charge is -2.17. The Kier molecular flexibility index (Phi) is 4.32. The molecule has 0 spiro atoms. The van der Waals surface area contributed by atoms with E-state index in [0.717, 1.165) is 11.6 Å². The molecule has 1 aliphatic rings. The lowest BCUT2D eigenvalue weighted by molar-refractivity contribution is -0.137. The number of benzene rings is 1. The highest BCUT2D eigenvalue weighted by Crippen LogP contribution is 2.31.